The molecule has 84 valence electrons. The van der Waals surface area contributed by atoms with Crippen LogP contribution in [0.3, 0.4) is 0 Å². The zero-order chi connectivity index (χ0) is 11.3. The number of anilines is 1. The number of rotatable bonds is 5. The lowest BCUT2D eigenvalue weighted by Gasteiger charge is -2.11. The normalized spacial score (nSPS) is 10.7. The third-order valence-corrected chi connectivity index (χ3v) is 2.58. The van der Waals surface area contributed by atoms with E-state index in [0.717, 1.165) is 25.2 Å². The molecule has 0 unspecified atom stereocenters. The summed E-state index contributed by atoms with van der Waals surface area (Å²) in [6, 6.07) is 5.49. The number of halogens is 2. The summed E-state index contributed by atoms with van der Waals surface area (Å²) < 4.78 is 0. The predicted octanol–water partition coefficient (Wildman–Crippen LogP) is 3.36. The molecule has 1 rings (SSSR count). The Morgan fingerprint density at radius 1 is 1.27 bits per heavy atom. The van der Waals surface area contributed by atoms with E-state index in [9.17, 15) is 0 Å². The highest BCUT2D eigenvalue weighted by Crippen LogP contribution is 2.25. The molecule has 0 heterocycles. The molecule has 0 amide bonds. The van der Waals surface area contributed by atoms with Crippen LogP contribution in [0.2, 0.25) is 10.0 Å². The van der Waals surface area contributed by atoms with Gasteiger partial charge in [-0.15, -0.1) is 0 Å². The van der Waals surface area contributed by atoms with E-state index < -0.39 is 0 Å². The van der Waals surface area contributed by atoms with Crippen LogP contribution >= 0.6 is 23.2 Å². The molecule has 0 aromatic heterocycles. The van der Waals surface area contributed by atoms with Crippen LogP contribution in [0.1, 0.15) is 6.42 Å². The van der Waals surface area contributed by atoms with Crippen molar-refractivity contribution in [3.05, 3.63) is 28.2 Å². The molecule has 0 aliphatic rings. The largest absolute Gasteiger partial charge is 0.384 e. The lowest BCUT2D eigenvalue weighted by Crippen LogP contribution is -2.16. The Morgan fingerprint density at radius 2 is 2.00 bits per heavy atom. The number of nitrogens with zero attached hydrogens (tertiary/aromatic N) is 1. The molecule has 0 fully saturated rings. The van der Waals surface area contributed by atoms with Crippen LogP contribution in [-0.2, 0) is 0 Å². The Balaban J connectivity index is 2.37. The van der Waals surface area contributed by atoms with Crippen LogP contribution in [0.5, 0.6) is 0 Å². The summed E-state index contributed by atoms with van der Waals surface area (Å²) >= 11 is 11.8. The summed E-state index contributed by atoms with van der Waals surface area (Å²) in [5.41, 5.74) is 0.944. The molecular weight excluding hydrogens is 231 g/mol. The minimum absolute atomic E-state index is 0.666. The standard InChI is InChI=1S/C11H16Cl2N2/c1-15(2)7-3-6-14-11-5-4-9(12)8-10(11)13/h4-5,8,14H,3,6-7H2,1-2H3. The molecule has 0 saturated carbocycles. The van der Waals surface area contributed by atoms with Gasteiger partial charge in [0.25, 0.3) is 0 Å². The molecule has 1 N–H and O–H groups in total. The van der Waals surface area contributed by atoms with Crippen LogP contribution in [0.4, 0.5) is 5.69 Å². The van der Waals surface area contributed by atoms with Gasteiger partial charge in [0.2, 0.25) is 0 Å². The highest BCUT2D eigenvalue weighted by molar-refractivity contribution is 6.36. The van der Waals surface area contributed by atoms with Crippen LogP contribution in [-0.4, -0.2) is 32.1 Å². The first-order valence-electron chi connectivity index (χ1n) is 4.93. The molecule has 0 saturated heterocycles. The van der Waals surface area contributed by atoms with Gasteiger partial charge in [-0.05, 0) is 45.3 Å². The molecule has 0 aliphatic carbocycles. The third-order valence-electron chi connectivity index (χ3n) is 2.03. The van der Waals surface area contributed by atoms with E-state index in [1.165, 1.54) is 0 Å². The smallest absolute Gasteiger partial charge is 0.0652 e. The van der Waals surface area contributed by atoms with Crippen LogP contribution < -0.4 is 5.32 Å². The van der Waals surface area contributed by atoms with Gasteiger partial charge in [0.15, 0.2) is 0 Å². The van der Waals surface area contributed by atoms with E-state index in [2.05, 4.69) is 24.3 Å². The van der Waals surface area contributed by atoms with Crippen molar-refractivity contribution in [1.82, 2.24) is 4.90 Å². The topological polar surface area (TPSA) is 15.3 Å². The average Bonchev–Trinajstić information content (AvgIpc) is 2.14. The zero-order valence-corrected chi connectivity index (χ0v) is 10.6. The van der Waals surface area contributed by atoms with Gasteiger partial charge in [-0.2, -0.15) is 0 Å². The lowest BCUT2D eigenvalue weighted by molar-refractivity contribution is 0.405. The maximum atomic E-state index is 6.01. The fourth-order valence-electron chi connectivity index (χ4n) is 1.25. The molecular formula is C11H16Cl2N2. The Labute approximate surface area is 101 Å². The Bertz CT molecular complexity index is 313. The maximum absolute atomic E-state index is 6.01. The third kappa shape index (κ3) is 4.74. The number of nitrogens with one attached hydrogen (secondary N) is 1. The second kappa shape index (κ2) is 6.21. The van der Waals surface area contributed by atoms with Crippen molar-refractivity contribution in [3.8, 4) is 0 Å². The molecule has 0 atom stereocenters. The number of benzene rings is 1. The van der Waals surface area contributed by atoms with Gasteiger partial charge >= 0.3 is 0 Å². The van der Waals surface area contributed by atoms with Crippen molar-refractivity contribution >= 4 is 28.9 Å². The number of hydrogen-bond acceptors (Lipinski definition) is 2. The molecule has 4 heteroatoms. The number of hydrogen-bond donors (Lipinski definition) is 1. The van der Waals surface area contributed by atoms with Gasteiger partial charge < -0.3 is 10.2 Å². The van der Waals surface area contributed by atoms with Gasteiger partial charge in [-0.1, -0.05) is 23.2 Å². The fourth-order valence-corrected chi connectivity index (χ4v) is 1.73. The van der Waals surface area contributed by atoms with Crippen LogP contribution in [0.15, 0.2) is 18.2 Å². The van der Waals surface area contributed by atoms with Crippen molar-refractivity contribution in [2.75, 3.05) is 32.5 Å². The van der Waals surface area contributed by atoms with E-state index in [4.69, 9.17) is 23.2 Å². The monoisotopic (exact) mass is 246 g/mol. The average molecular weight is 247 g/mol. The van der Waals surface area contributed by atoms with E-state index in [-0.39, 0.29) is 0 Å². The van der Waals surface area contributed by atoms with Crippen molar-refractivity contribution < 1.29 is 0 Å². The Kier molecular flexibility index (Phi) is 5.23. The van der Waals surface area contributed by atoms with E-state index in [1.807, 2.05) is 12.1 Å². The second-order valence-corrected chi connectivity index (χ2v) is 4.55. The first-order valence-corrected chi connectivity index (χ1v) is 5.69. The highest BCUT2D eigenvalue weighted by Gasteiger charge is 1.99. The molecule has 0 radical (unpaired) electrons. The first-order chi connectivity index (χ1) is 7.09. The lowest BCUT2D eigenvalue weighted by atomic mass is 10.3. The van der Waals surface area contributed by atoms with Gasteiger partial charge in [0.05, 0.1) is 10.7 Å². The molecule has 2 nitrogen and oxygen atoms in total. The van der Waals surface area contributed by atoms with Gasteiger partial charge in [0.1, 0.15) is 0 Å². The summed E-state index contributed by atoms with van der Waals surface area (Å²) in [5, 5.41) is 4.62. The van der Waals surface area contributed by atoms with Gasteiger partial charge in [0, 0.05) is 11.6 Å². The predicted molar refractivity (Wildman–Crippen MR) is 68.1 cm³/mol. The minimum Gasteiger partial charge on any atom is -0.384 e. The molecule has 1 aromatic carbocycles. The highest BCUT2D eigenvalue weighted by atomic mass is 35.5. The van der Waals surface area contributed by atoms with E-state index in [1.54, 1.807) is 6.07 Å². The van der Waals surface area contributed by atoms with Crippen LogP contribution in [0.25, 0.3) is 0 Å². The van der Waals surface area contributed by atoms with E-state index >= 15 is 0 Å². The van der Waals surface area contributed by atoms with E-state index in [0.29, 0.717) is 10.0 Å². The fraction of sp³-hybridized carbons (Fsp3) is 0.455. The molecule has 15 heavy (non-hydrogen) atoms. The van der Waals surface area contributed by atoms with Crippen molar-refractivity contribution in [1.29, 1.82) is 0 Å². The molecule has 0 spiro atoms. The maximum Gasteiger partial charge on any atom is 0.0652 e. The van der Waals surface area contributed by atoms with Gasteiger partial charge in [-0.3, -0.25) is 0 Å². The van der Waals surface area contributed by atoms with Crippen molar-refractivity contribution in [2.45, 2.75) is 6.42 Å². The molecule has 0 bridgehead atoms. The first kappa shape index (κ1) is 12.6. The molecule has 1 aromatic rings. The summed E-state index contributed by atoms with van der Waals surface area (Å²) in [7, 11) is 4.13. The minimum atomic E-state index is 0.666. The Hall–Kier alpha value is -0.440. The van der Waals surface area contributed by atoms with Crippen molar-refractivity contribution in [2.24, 2.45) is 0 Å². The van der Waals surface area contributed by atoms with Crippen LogP contribution in [0, 0.1) is 0 Å². The summed E-state index contributed by atoms with van der Waals surface area (Å²) in [5.74, 6) is 0. The Morgan fingerprint density at radius 3 is 2.60 bits per heavy atom. The second-order valence-electron chi connectivity index (χ2n) is 3.71. The quantitative estimate of drug-likeness (QED) is 0.802. The SMILES string of the molecule is CN(C)CCCNc1ccc(Cl)cc1Cl. The zero-order valence-electron chi connectivity index (χ0n) is 9.06. The molecule has 0 aliphatic heterocycles. The summed E-state index contributed by atoms with van der Waals surface area (Å²) in [4.78, 5) is 2.16. The summed E-state index contributed by atoms with van der Waals surface area (Å²) in [6.07, 6.45) is 1.09. The summed E-state index contributed by atoms with van der Waals surface area (Å²) in [6.45, 7) is 1.98. The van der Waals surface area contributed by atoms with Crippen molar-refractivity contribution in [3.63, 3.8) is 0 Å². The van der Waals surface area contributed by atoms with Gasteiger partial charge in [-0.25, -0.2) is 0 Å².